The van der Waals surface area contributed by atoms with E-state index in [0.717, 1.165) is 44.6 Å². The number of nitrogens with zero attached hydrogens (tertiary/aromatic N) is 2. The molecule has 130 valence electrons. The molecule has 0 saturated carbocycles. The van der Waals surface area contributed by atoms with Crippen LogP contribution < -0.4 is 5.32 Å². The average Bonchev–Trinajstić information content (AvgIpc) is 2.94. The number of aromatic nitrogens is 2. The van der Waals surface area contributed by atoms with Crippen LogP contribution in [0, 0.1) is 12.3 Å². The molecule has 1 aliphatic heterocycles. The molecule has 6 heteroatoms. The van der Waals surface area contributed by atoms with Crippen molar-refractivity contribution < 1.29 is 14.6 Å². The molecule has 2 rings (SSSR count). The van der Waals surface area contributed by atoms with Gasteiger partial charge >= 0.3 is 0 Å². The molecule has 0 spiro atoms. The molecule has 0 atom stereocenters. The van der Waals surface area contributed by atoms with Crippen LogP contribution in [0.1, 0.15) is 61.6 Å². The van der Waals surface area contributed by atoms with Crippen LogP contribution in [0.5, 0.6) is 0 Å². The van der Waals surface area contributed by atoms with Gasteiger partial charge in [-0.2, -0.15) is 5.10 Å². The summed E-state index contributed by atoms with van der Waals surface area (Å²) in [7, 11) is 0. The second-order valence-corrected chi connectivity index (χ2v) is 7.11. The zero-order valence-corrected chi connectivity index (χ0v) is 14.5. The molecule has 1 amide bonds. The van der Waals surface area contributed by atoms with Gasteiger partial charge in [-0.1, -0.05) is 13.8 Å². The van der Waals surface area contributed by atoms with Crippen molar-refractivity contribution in [2.24, 2.45) is 5.41 Å². The summed E-state index contributed by atoms with van der Waals surface area (Å²) in [6.45, 7) is 8.29. The van der Waals surface area contributed by atoms with Crippen molar-refractivity contribution in [1.29, 1.82) is 0 Å². The molecule has 1 aromatic rings. The fourth-order valence-electron chi connectivity index (χ4n) is 2.89. The molecule has 0 radical (unpaired) electrons. The number of nitrogens with one attached hydrogen (secondary N) is 1. The molecule has 0 aliphatic carbocycles. The van der Waals surface area contributed by atoms with E-state index in [1.54, 1.807) is 6.20 Å². The van der Waals surface area contributed by atoms with Crippen molar-refractivity contribution in [3.8, 4) is 0 Å². The number of ether oxygens (including phenoxy) is 1. The smallest absolute Gasteiger partial charge is 0.254 e. The molecule has 0 unspecified atom stereocenters. The molecule has 2 N–H and O–H groups in total. The summed E-state index contributed by atoms with van der Waals surface area (Å²) in [5, 5.41) is 16.6. The summed E-state index contributed by atoms with van der Waals surface area (Å²) < 4.78 is 7.34. The van der Waals surface area contributed by atoms with Gasteiger partial charge in [-0.05, 0) is 38.0 Å². The van der Waals surface area contributed by atoms with Crippen molar-refractivity contribution in [2.45, 2.75) is 52.5 Å². The number of aliphatic hydroxyl groups is 1. The molecular weight excluding hydrogens is 294 g/mol. The molecule has 1 aromatic heterocycles. The summed E-state index contributed by atoms with van der Waals surface area (Å²) in [5.41, 5.74) is 1.48. The highest BCUT2D eigenvalue weighted by molar-refractivity contribution is 5.95. The van der Waals surface area contributed by atoms with Crippen LogP contribution in [0.3, 0.4) is 0 Å². The molecule has 0 bridgehead atoms. The third kappa shape index (κ3) is 4.78. The minimum atomic E-state index is -0.0887. The highest BCUT2D eigenvalue weighted by Crippen LogP contribution is 2.23. The van der Waals surface area contributed by atoms with Crippen molar-refractivity contribution in [2.75, 3.05) is 26.4 Å². The Hall–Kier alpha value is -1.40. The van der Waals surface area contributed by atoms with Crippen LogP contribution >= 0.6 is 0 Å². The van der Waals surface area contributed by atoms with Crippen molar-refractivity contribution in [3.63, 3.8) is 0 Å². The first-order valence-corrected chi connectivity index (χ1v) is 8.45. The number of amides is 1. The van der Waals surface area contributed by atoms with E-state index in [1.165, 1.54) is 0 Å². The van der Waals surface area contributed by atoms with Gasteiger partial charge in [0.1, 0.15) is 0 Å². The SMILES string of the molecule is Cc1c(C(=O)NCCCC(C)(C)CO)cnn1C1CCOCC1. The Morgan fingerprint density at radius 2 is 2.17 bits per heavy atom. The average molecular weight is 323 g/mol. The Balaban J connectivity index is 1.86. The first kappa shape index (κ1) is 17.9. The zero-order chi connectivity index (χ0) is 16.9. The Kier molecular flexibility index (Phi) is 6.18. The van der Waals surface area contributed by atoms with Crippen molar-refractivity contribution in [1.82, 2.24) is 15.1 Å². The van der Waals surface area contributed by atoms with Crippen LogP contribution in [0.2, 0.25) is 0 Å². The van der Waals surface area contributed by atoms with E-state index in [0.29, 0.717) is 18.2 Å². The van der Waals surface area contributed by atoms with Crippen molar-refractivity contribution >= 4 is 5.91 Å². The molecule has 6 nitrogen and oxygen atoms in total. The lowest BCUT2D eigenvalue weighted by Crippen LogP contribution is -2.27. The van der Waals surface area contributed by atoms with E-state index in [4.69, 9.17) is 4.74 Å². The Morgan fingerprint density at radius 3 is 2.83 bits per heavy atom. The maximum Gasteiger partial charge on any atom is 0.254 e. The molecular formula is C17H29N3O3. The van der Waals surface area contributed by atoms with Gasteiger partial charge in [0.2, 0.25) is 0 Å². The van der Waals surface area contributed by atoms with Gasteiger partial charge in [-0.15, -0.1) is 0 Å². The van der Waals surface area contributed by atoms with Crippen LogP contribution in [0.4, 0.5) is 0 Å². The first-order valence-electron chi connectivity index (χ1n) is 8.45. The Labute approximate surface area is 138 Å². The lowest BCUT2D eigenvalue weighted by atomic mass is 9.89. The molecule has 0 aromatic carbocycles. The second-order valence-electron chi connectivity index (χ2n) is 7.11. The van der Waals surface area contributed by atoms with E-state index in [-0.39, 0.29) is 17.9 Å². The Bertz CT molecular complexity index is 519. The number of hydrogen-bond acceptors (Lipinski definition) is 4. The summed E-state index contributed by atoms with van der Waals surface area (Å²) in [5.74, 6) is -0.0670. The van der Waals surface area contributed by atoms with Gasteiger partial charge in [-0.3, -0.25) is 9.48 Å². The summed E-state index contributed by atoms with van der Waals surface area (Å²) in [6.07, 6.45) is 5.29. The normalized spacial score (nSPS) is 16.5. The van der Waals surface area contributed by atoms with Crippen LogP contribution in [0.25, 0.3) is 0 Å². The van der Waals surface area contributed by atoms with Gasteiger partial charge in [0, 0.05) is 32.1 Å². The van der Waals surface area contributed by atoms with E-state index in [9.17, 15) is 9.90 Å². The highest BCUT2D eigenvalue weighted by atomic mass is 16.5. The fraction of sp³-hybridized carbons (Fsp3) is 0.765. The predicted octanol–water partition coefficient (Wildman–Crippen LogP) is 2.07. The lowest BCUT2D eigenvalue weighted by Gasteiger charge is -2.23. The van der Waals surface area contributed by atoms with E-state index in [2.05, 4.69) is 10.4 Å². The summed E-state index contributed by atoms with van der Waals surface area (Å²) >= 11 is 0. The number of carbonyl (C=O) groups is 1. The summed E-state index contributed by atoms with van der Waals surface area (Å²) in [4.78, 5) is 12.3. The molecule has 1 aliphatic rings. The van der Waals surface area contributed by atoms with Gasteiger partial charge in [0.15, 0.2) is 0 Å². The lowest BCUT2D eigenvalue weighted by molar-refractivity contribution is 0.0656. The third-order valence-corrected chi connectivity index (χ3v) is 4.57. The third-order valence-electron chi connectivity index (χ3n) is 4.57. The van der Waals surface area contributed by atoms with Gasteiger partial charge < -0.3 is 15.2 Å². The van der Waals surface area contributed by atoms with Crippen molar-refractivity contribution in [3.05, 3.63) is 17.5 Å². The fourth-order valence-corrected chi connectivity index (χ4v) is 2.89. The second kappa shape index (κ2) is 7.93. The standard InChI is InChI=1S/C17H29N3O3/c1-13-15(11-19-20(13)14-5-9-23-10-6-14)16(22)18-8-4-7-17(2,3)12-21/h11,14,21H,4-10,12H2,1-3H3,(H,18,22). The molecule has 1 fully saturated rings. The van der Waals surface area contributed by atoms with Gasteiger partial charge in [0.25, 0.3) is 5.91 Å². The van der Waals surface area contributed by atoms with E-state index < -0.39 is 0 Å². The number of aliphatic hydroxyl groups excluding tert-OH is 1. The number of hydrogen-bond donors (Lipinski definition) is 2. The molecule has 1 saturated heterocycles. The maximum absolute atomic E-state index is 12.3. The predicted molar refractivity (Wildman–Crippen MR) is 88.5 cm³/mol. The number of carbonyl (C=O) groups excluding carboxylic acids is 1. The maximum atomic E-state index is 12.3. The quantitative estimate of drug-likeness (QED) is 0.753. The number of rotatable bonds is 7. The summed E-state index contributed by atoms with van der Waals surface area (Å²) in [6, 6.07) is 0.329. The zero-order valence-electron chi connectivity index (χ0n) is 14.5. The minimum absolute atomic E-state index is 0.0670. The largest absolute Gasteiger partial charge is 0.396 e. The molecule has 2 heterocycles. The topological polar surface area (TPSA) is 76.4 Å². The van der Waals surface area contributed by atoms with Crippen LogP contribution in [-0.2, 0) is 4.74 Å². The van der Waals surface area contributed by atoms with Gasteiger partial charge in [0.05, 0.1) is 17.8 Å². The van der Waals surface area contributed by atoms with E-state index >= 15 is 0 Å². The van der Waals surface area contributed by atoms with Crippen LogP contribution in [0.15, 0.2) is 6.20 Å². The Morgan fingerprint density at radius 1 is 1.48 bits per heavy atom. The molecule has 23 heavy (non-hydrogen) atoms. The van der Waals surface area contributed by atoms with Crippen LogP contribution in [-0.4, -0.2) is 47.2 Å². The first-order chi connectivity index (χ1) is 10.9. The highest BCUT2D eigenvalue weighted by Gasteiger charge is 2.22. The van der Waals surface area contributed by atoms with Gasteiger partial charge in [-0.25, -0.2) is 0 Å². The van der Waals surface area contributed by atoms with E-state index in [1.807, 2.05) is 25.5 Å². The monoisotopic (exact) mass is 323 g/mol. The minimum Gasteiger partial charge on any atom is -0.396 e.